The fraction of sp³-hybridized carbons (Fsp3) is 0.613. The minimum Gasteiger partial charge on any atom is -0.378 e. The van der Waals surface area contributed by atoms with Gasteiger partial charge in [-0.3, -0.25) is 0 Å². The predicted molar refractivity (Wildman–Crippen MR) is 143 cm³/mol. The standard InChI is InChI=1S/C31H36F7NO4/c1-19(22-13-23(30(33,34)35)15-24(14-22)31(36,37)38)43-28-27(20-3-5-25(32)6-4-20)21(7-12-42-28)16-39-10-8-29(9-11-39)18-41-17-26(29)40-2/h3-6,13-15,19,21,26-28H,7-12,16-18H2,1-2H3/t19-,21?,26?,27-,28-/m1/s1. The zero-order valence-electron chi connectivity index (χ0n) is 24.0. The maximum absolute atomic E-state index is 13.9. The van der Waals surface area contributed by atoms with Gasteiger partial charge in [0.15, 0.2) is 6.29 Å². The van der Waals surface area contributed by atoms with Crippen molar-refractivity contribution in [3.05, 3.63) is 70.5 Å². The fourth-order valence-electron chi connectivity index (χ4n) is 6.71. The molecule has 5 rings (SSSR count). The second-order valence-electron chi connectivity index (χ2n) is 11.9. The van der Waals surface area contributed by atoms with Crippen molar-refractivity contribution in [2.45, 2.75) is 63.0 Å². The van der Waals surface area contributed by atoms with Crippen molar-refractivity contribution in [2.24, 2.45) is 11.3 Å². The molecule has 0 aliphatic carbocycles. The molecule has 43 heavy (non-hydrogen) atoms. The number of rotatable bonds is 7. The summed E-state index contributed by atoms with van der Waals surface area (Å²) in [6, 6.07) is 7.34. The molecule has 238 valence electrons. The predicted octanol–water partition coefficient (Wildman–Crippen LogP) is 7.21. The molecule has 0 amide bonds. The van der Waals surface area contributed by atoms with Crippen molar-refractivity contribution in [1.29, 1.82) is 0 Å². The summed E-state index contributed by atoms with van der Waals surface area (Å²) in [5, 5.41) is 0. The number of piperidine rings is 1. The molecule has 2 unspecified atom stereocenters. The molecule has 1 spiro atoms. The average Bonchev–Trinajstić information content (AvgIpc) is 3.36. The highest BCUT2D eigenvalue weighted by atomic mass is 19.4. The first-order chi connectivity index (χ1) is 20.3. The van der Waals surface area contributed by atoms with E-state index >= 15 is 0 Å². The summed E-state index contributed by atoms with van der Waals surface area (Å²) >= 11 is 0. The number of ether oxygens (including phenoxy) is 4. The van der Waals surface area contributed by atoms with E-state index in [1.807, 2.05) is 0 Å². The molecule has 5 atom stereocenters. The Morgan fingerprint density at radius 3 is 2.19 bits per heavy atom. The Kier molecular flexibility index (Phi) is 9.44. The van der Waals surface area contributed by atoms with E-state index in [-0.39, 0.29) is 29.1 Å². The van der Waals surface area contributed by atoms with Crippen LogP contribution in [0.2, 0.25) is 0 Å². The largest absolute Gasteiger partial charge is 0.416 e. The fourth-order valence-corrected chi connectivity index (χ4v) is 6.71. The van der Waals surface area contributed by atoms with E-state index in [1.165, 1.54) is 19.1 Å². The Labute approximate surface area is 246 Å². The lowest BCUT2D eigenvalue weighted by molar-refractivity contribution is -0.210. The molecule has 12 heteroatoms. The van der Waals surface area contributed by atoms with Crippen LogP contribution in [0.15, 0.2) is 42.5 Å². The molecule has 5 nitrogen and oxygen atoms in total. The van der Waals surface area contributed by atoms with Crippen LogP contribution in [0.25, 0.3) is 0 Å². The summed E-state index contributed by atoms with van der Waals surface area (Å²) in [6.07, 6.45) is -9.55. The van der Waals surface area contributed by atoms with Crippen LogP contribution in [0.1, 0.15) is 60.5 Å². The summed E-state index contributed by atoms with van der Waals surface area (Å²) in [4.78, 5) is 2.35. The molecule has 0 saturated carbocycles. The van der Waals surface area contributed by atoms with Gasteiger partial charge in [-0.25, -0.2) is 4.39 Å². The van der Waals surface area contributed by atoms with Gasteiger partial charge in [-0.15, -0.1) is 0 Å². The van der Waals surface area contributed by atoms with Crippen LogP contribution >= 0.6 is 0 Å². The minimum atomic E-state index is -4.97. The molecule has 2 aromatic carbocycles. The molecule has 0 N–H and O–H groups in total. The Bertz CT molecular complexity index is 1200. The molecule has 3 aliphatic heterocycles. The first-order valence-corrected chi connectivity index (χ1v) is 14.4. The van der Waals surface area contributed by atoms with E-state index < -0.39 is 47.6 Å². The Morgan fingerprint density at radius 2 is 1.60 bits per heavy atom. The third-order valence-corrected chi connectivity index (χ3v) is 9.22. The van der Waals surface area contributed by atoms with E-state index in [4.69, 9.17) is 18.9 Å². The Morgan fingerprint density at radius 1 is 0.977 bits per heavy atom. The molecule has 0 aromatic heterocycles. The minimum absolute atomic E-state index is 0.0153. The number of hydrogen-bond acceptors (Lipinski definition) is 5. The van der Waals surface area contributed by atoms with E-state index in [2.05, 4.69) is 4.90 Å². The summed E-state index contributed by atoms with van der Waals surface area (Å²) < 4.78 is 118. The molecule has 2 aromatic rings. The zero-order chi connectivity index (χ0) is 31.0. The number of benzene rings is 2. The maximum Gasteiger partial charge on any atom is 0.416 e. The molecule has 0 bridgehead atoms. The van der Waals surface area contributed by atoms with Gasteiger partial charge in [0.25, 0.3) is 0 Å². The van der Waals surface area contributed by atoms with Crippen molar-refractivity contribution in [2.75, 3.05) is 46.6 Å². The Balaban J connectivity index is 1.37. The maximum atomic E-state index is 13.9. The number of likely N-dealkylation sites (tertiary alicyclic amines) is 1. The molecule has 3 fully saturated rings. The quantitative estimate of drug-likeness (QED) is 0.307. The summed E-state index contributed by atoms with van der Waals surface area (Å²) in [5.41, 5.74) is -2.37. The zero-order valence-corrected chi connectivity index (χ0v) is 24.0. The summed E-state index contributed by atoms with van der Waals surface area (Å²) in [6.45, 7) is 5.27. The number of alkyl halides is 6. The van der Waals surface area contributed by atoms with Gasteiger partial charge >= 0.3 is 12.4 Å². The van der Waals surface area contributed by atoms with Gasteiger partial charge < -0.3 is 23.8 Å². The third-order valence-electron chi connectivity index (χ3n) is 9.22. The van der Waals surface area contributed by atoms with Crippen LogP contribution in [-0.4, -0.2) is 63.9 Å². The van der Waals surface area contributed by atoms with Gasteiger partial charge in [0.05, 0.1) is 43.2 Å². The number of methoxy groups -OCH3 is 1. The van der Waals surface area contributed by atoms with E-state index in [0.717, 1.165) is 31.5 Å². The molecule has 3 aliphatic rings. The molecular formula is C31H36F7NO4. The first kappa shape index (κ1) is 32.2. The second-order valence-corrected chi connectivity index (χ2v) is 11.9. The highest BCUT2D eigenvalue weighted by molar-refractivity contribution is 5.35. The van der Waals surface area contributed by atoms with E-state index in [9.17, 15) is 30.7 Å². The monoisotopic (exact) mass is 619 g/mol. The molecule has 3 saturated heterocycles. The van der Waals surface area contributed by atoms with E-state index in [0.29, 0.717) is 44.9 Å². The van der Waals surface area contributed by atoms with Gasteiger partial charge in [-0.2, -0.15) is 26.3 Å². The lowest BCUT2D eigenvalue weighted by Gasteiger charge is -2.45. The van der Waals surface area contributed by atoms with Crippen LogP contribution in [0.3, 0.4) is 0 Å². The SMILES string of the molecule is COC1COCC12CCN(CC1CCO[C@H](O[C@H](C)c3cc(C(F)(F)F)cc(C(F)(F)F)c3)[C@@H]1c1ccc(F)cc1)CC2. The van der Waals surface area contributed by atoms with Crippen LogP contribution in [0, 0.1) is 17.2 Å². The smallest absolute Gasteiger partial charge is 0.378 e. The topological polar surface area (TPSA) is 40.2 Å². The summed E-state index contributed by atoms with van der Waals surface area (Å²) in [5.74, 6) is -0.878. The Hall–Kier alpha value is -2.25. The van der Waals surface area contributed by atoms with Gasteiger partial charge in [-0.05, 0) is 86.7 Å². The third kappa shape index (κ3) is 7.19. The van der Waals surface area contributed by atoms with Gasteiger partial charge in [-0.1, -0.05) is 12.1 Å². The second kappa shape index (κ2) is 12.6. The highest BCUT2D eigenvalue weighted by Crippen LogP contribution is 2.44. The first-order valence-electron chi connectivity index (χ1n) is 14.4. The normalized spacial score (nSPS) is 27.5. The number of halogens is 7. The summed E-state index contributed by atoms with van der Waals surface area (Å²) in [7, 11) is 1.70. The molecular weight excluding hydrogens is 583 g/mol. The van der Waals surface area contributed by atoms with Gasteiger partial charge in [0, 0.05) is 25.0 Å². The average molecular weight is 620 g/mol. The highest BCUT2D eigenvalue weighted by Gasteiger charge is 2.47. The lowest BCUT2D eigenvalue weighted by Crippen LogP contribution is -2.49. The number of hydrogen-bond donors (Lipinski definition) is 0. The van der Waals surface area contributed by atoms with Crippen LogP contribution < -0.4 is 0 Å². The van der Waals surface area contributed by atoms with Crippen LogP contribution in [0.5, 0.6) is 0 Å². The van der Waals surface area contributed by atoms with Crippen LogP contribution in [-0.2, 0) is 31.3 Å². The molecule has 0 radical (unpaired) electrons. The van der Waals surface area contributed by atoms with Crippen molar-refractivity contribution < 1.29 is 49.7 Å². The lowest BCUT2D eigenvalue weighted by atomic mass is 9.75. The van der Waals surface area contributed by atoms with Crippen molar-refractivity contribution in [3.63, 3.8) is 0 Å². The van der Waals surface area contributed by atoms with Gasteiger partial charge in [0.1, 0.15) is 5.82 Å². The number of nitrogens with zero attached hydrogens (tertiary/aromatic N) is 1. The molecule has 3 heterocycles. The van der Waals surface area contributed by atoms with Crippen molar-refractivity contribution in [1.82, 2.24) is 4.90 Å². The van der Waals surface area contributed by atoms with Gasteiger partial charge in [0.2, 0.25) is 0 Å². The van der Waals surface area contributed by atoms with Crippen molar-refractivity contribution in [3.8, 4) is 0 Å². The van der Waals surface area contributed by atoms with E-state index in [1.54, 1.807) is 19.2 Å². The van der Waals surface area contributed by atoms with Crippen molar-refractivity contribution >= 4 is 0 Å². The van der Waals surface area contributed by atoms with Crippen LogP contribution in [0.4, 0.5) is 30.7 Å².